The molecular formula is C20H23ClN4O2S. The fraction of sp³-hybridized carbons (Fsp3) is 0.400. The minimum atomic E-state index is -0.0242. The number of methoxy groups -OCH3 is 1. The summed E-state index contributed by atoms with van der Waals surface area (Å²) in [5.74, 6) is 1.41. The Morgan fingerprint density at radius 2 is 2.32 bits per heavy atom. The smallest absolute Gasteiger partial charge is 0.166 e. The first-order chi connectivity index (χ1) is 13.7. The second-order valence-corrected chi connectivity index (χ2v) is 7.96. The summed E-state index contributed by atoms with van der Waals surface area (Å²) in [6, 6.07) is 7.70. The van der Waals surface area contributed by atoms with Crippen molar-refractivity contribution in [3.63, 3.8) is 0 Å². The van der Waals surface area contributed by atoms with Crippen molar-refractivity contribution in [1.82, 2.24) is 4.98 Å². The molecule has 0 amide bonds. The first-order valence-electron chi connectivity index (χ1n) is 9.25. The monoisotopic (exact) mass is 418 g/mol. The van der Waals surface area contributed by atoms with Crippen molar-refractivity contribution in [2.24, 2.45) is 4.99 Å². The number of pyridine rings is 1. The SMILES string of the molecule is COc1cccc(-c2cc3c(c(NCC4CCCO4)n2)NC(SC)N=C3)c1Cl. The fourth-order valence-corrected chi connectivity index (χ4v) is 4.11. The Balaban J connectivity index is 1.73. The maximum Gasteiger partial charge on any atom is 0.166 e. The van der Waals surface area contributed by atoms with Crippen LogP contribution >= 0.6 is 23.4 Å². The molecule has 2 aromatic rings. The topological polar surface area (TPSA) is 67.8 Å². The number of rotatable bonds is 6. The van der Waals surface area contributed by atoms with E-state index < -0.39 is 0 Å². The van der Waals surface area contributed by atoms with Gasteiger partial charge in [-0.25, -0.2) is 4.98 Å². The van der Waals surface area contributed by atoms with E-state index in [0.29, 0.717) is 10.8 Å². The van der Waals surface area contributed by atoms with E-state index in [4.69, 9.17) is 26.1 Å². The van der Waals surface area contributed by atoms with Crippen LogP contribution in [-0.4, -0.2) is 49.3 Å². The van der Waals surface area contributed by atoms with Gasteiger partial charge in [0, 0.05) is 30.5 Å². The molecule has 2 N–H and O–H groups in total. The van der Waals surface area contributed by atoms with Crippen LogP contribution in [0.15, 0.2) is 29.3 Å². The molecule has 28 heavy (non-hydrogen) atoms. The third-order valence-electron chi connectivity index (χ3n) is 4.87. The first kappa shape index (κ1) is 19.4. The normalized spacial score (nSPS) is 20.5. The van der Waals surface area contributed by atoms with Gasteiger partial charge in [-0.15, -0.1) is 11.8 Å². The van der Waals surface area contributed by atoms with Crippen LogP contribution in [0.4, 0.5) is 11.5 Å². The molecule has 1 aromatic heterocycles. The highest BCUT2D eigenvalue weighted by atomic mass is 35.5. The first-order valence-corrected chi connectivity index (χ1v) is 10.9. The number of ether oxygens (including phenoxy) is 2. The van der Waals surface area contributed by atoms with Crippen LogP contribution in [-0.2, 0) is 4.74 Å². The summed E-state index contributed by atoms with van der Waals surface area (Å²) in [6.07, 6.45) is 6.31. The van der Waals surface area contributed by atoms with Gasteiger partial charge in [0.05, 0.1) is 29.6 Å². The molecule has 8 heteroatoms. The molecule has 2 atom stereocenters. The summed E-state index contributed by atoms with van der Waals surface area (Å²) in [5.41, 5.74) is 3.50. The van der Waals surface area contributed by atoms with E-state index in [1.54, 1.807) is 18.9 Å². The second kappa shape index (κ2) is 8.59. The number of thioether (sulfide) groups is 1. The van der Waals surface area contributed by atoms with E-state index in [1.165, 1.54) is 0 Å². The van der Waals surface area contributed by atoms with Crippen LogP contribution in [0.5, 0.6) is 5.75 Å². The van der Waals surface area contributed by atoms with E-state index in [-0.39, 0.29) is 11.6 Å². The lowest BCUT2D eigenvalue weighted by Crippen LogP contribution is -2.23. The summed E-state index contributed by atoms with van der Waals surface area (Å²) >= 11 is 8.19. The molecule has 2 aliphatic heterocycles. The van der Waals surface area contributed by atoms with Gasteiger partial charge in [0.1, 0.15) is 5.75 Å². The number of benzene rings is 1. The molecule has 0 saturated carbocycles. The molecule has 2 unspecified atom stereocenters. The molecule has 0 bridgehead atoms. The number of hydrogen-bond acceptors (Lipinski definition) is 7. The number of aromatic nitrogens is 1. The predicted molar refractivity (Wildman–Crippen MR) is 117 cm³/mol. The molecular weight excluding hydrogens is 396 g/mol. The van der Waals surface area contributed by atoms with Crippen LogP contribution in [0, 0.1) is 0 Å². The highest BCUT2D eigenvalue weighted by Gasteiger charge is 2.22. The van der Waals surface area contributed by atoms with E-state index >= 15 is 0 Å². The number of hydrogen-bond donors (Lipinski definition) is 2. The molecule has 1 fully saturated rings. The van der Waals surface area contributed by atoms with Gasteiger partial charge in [0.2, 0.25) is 0 Å². The highest BCUT2D eigenvalue weighted by molar-refractivity contribution is 7.99. The summed E-state index contributed by atoms with van der Waals surface area (Å²) < 4.78 is 11.1. The Hall–Kier alpha value is -1.96. The van der Waals surface area contributed by atoms with E-state index in [9.17, 15) is 0 Å². The lowest BCUT2D eigenvalue weighted by atomic mass is 10.1. The number of nitrogens with zero attached hydrogens (tertiary/aromatic N) is 2. The Bertz CT molecular complexity index is 887. The van der Waals surface area contributed by atoms with Gasteiger partial charge < -0.3 is 20.1 Å². The molecule has 1 aromatic carbocycles. The van der Waals surface area contributed by atoms with Crippen LogP contribution in [0.25, 0.3) is 11.3 Å². The van der Waals surface area contributed by atoms with Crippen LogP contribution in [0.2, 0.25) is 5.02 Å². The van der Waals surface area contributed by atoms with Gasteiger partial charge in [0.15, 0.2) is 11.3 Å². The average molecular weight is 419 g/mol. The van der Waals surface area contributed by atoms with Gasteiger partial charge in [0.25, 0.3) is 0 Å². The summed E-state index contributed by atoms with van der Waals surface area (Å²) in [7, 11) is 1.61. The number of fused-ring (bicyclic) bond motifs is 1. The summed E-state index contributed by atoms with van der Waals surface area (Å²) in [5, 5.41) is 7.47. The van der Waals surface area contributed by atoms with Gasteiger partial charge in [-0.2, -0.15) is 0 Å². The number of aliphatic imine (C=N–C) groups is 1. The summed E-state index contributed by atoms with van der Waals surface area (Å²) in [6.45, 7) is 1.55. The van der Waals surface area contributed by atoms with Gasteiger partial charge >= 0.3 is 0 Å². The zero-order valence-corrected chi connectivity index (χ0v) is 17.4. The van der Waals surface area contributed by atoms with E-state index in [0.717, 1.165) is 54.3 Å². The Morgan fingerprint density at radius 3 is 3.07 bits per heavy atom. The molecule has 6 nitrogen and oxygen atoms in total. The minimum absolute atomic E-state index is 0.0242. The number of nitrogens with one attached hydrogen (secondary N) is 2. The molecule has 0 aliphatic carbocycles. The lowest BCUT2D eigenvalue weighted by Gasteiger charge is -2.24. The Kier molecular flexibility index (Phi) is 5.94. The number of halogens is 1. The van der Waals surface area contributed by atoms with Crippen molar-refractivity contribution in [2.45, 2.75) is 24.4 Å². The zero-order valence-electron chi connectivity index (χ0n) is 15.9. The zero-order chi connectivity index (χ0) is 19.5. The molecule has 1 saturated heterocycles. The molecule has 2 aliphatic rings. The van der Waals surface area contributed by atoms with Gasteiger partial charge in [-0.05, 0) is 31.2 Å². The minimum Gasteiger partial charge on any atom is -0.495 e. The van der Waals surface area contributed by atoms with E-state index in [2.05, 4.69) is 15.6 Å². The van der Waals surface area contributed by atoms with Crippen molar-refractivity contribution in [2.75, 3.05) is 37.2 Å². The molecule has 148 valence electrons. The standard InChI is InChI=1S/C20H23ClN4O2S/c1-26-16-7-3-6-14(17(16)21)15-9-12-10-23-20(28-2)25-18(12)19(24-15)22-11-13-5-4-8-27-13/h3,6-7,9-10,13,20,25H,4-5,8,11H2,1-2H3,(H,22,24). The molecule has 0 spiro atoms. The highest BCUT2D eigenvalue weighted by Crippen LogP contribution is 2.38. The third-order valence-corrected chi connectivity index (χ3v) is 5.95. The van der Waals surface area contributed by atoms with Crippen LogP contribution in [0.3, 0.4) is 0 Å². The Morgan fingerprint density at radius 1 is 1.43 bits per heavy atom. The van der Waals surface area contributed by atoms with Crippen LogP contribution < -0.4 is 15.4 Å². The van der Waals surface area contributed by atoms with Gasteiger partial charge in [-0.1, -0.05) is 23.7 Å². The van der Waals surface area contributed by atoms with E-state index in [1.807, 2.05) is 36.7 Å². The van der Waals surface area contributed by atoms with Gasteiger partial charge in [-0.3, -0.25) is 4.99 Å². The second-order valence-electron chi connectivity index (χ2n) is 6.67. The maximum absolute atomic E-state index is 6.55. The molecule has 3 heterocycles. The molecule has 4 rings (SSSR count). The average Bonchev–Trinajstić information content (AvgIpc) is 3.25. The van der Waals surface area contributed by atoms with Crippen molar-refractivity contribution >= 4 is 41.1 Å². The predicted octanol–water partition coefficient (Wildman–Crippen LogP) is 4.49. The summed E-state index contributed by atoms with van der Waals surface area (Å²) in [4.78, 5) is 9.43. The van der Waals surface area contributed by atoms with Crippen molar-refractivity contribution < 1.29 is 9.47 Å². The quantitative estimate of drug-likeness (QED) is 0.720. The van der Waals surface area contributed by atoms with Crippen molar-refractivity contribution in [3.05, 3.63) is 34.9 Å². The third kappa shape index (κ3) is 3.92. The van der Waals surface area contributed by atoms with Crippen molar-refractivity contribution in [1.29, 1.82) is 0 Å². The lowest BCUT2D eigenvalue weighted by molar-refractivity contribution is 0.120. The maximum atomic E-state index is 6.55. The fourth-order valence-electron chi connectivity index (χ4n) is 3.39. The Labute approximate surface area is 174 Å². The largest absolute Gasteiger partial charge is 0.495 e. The number of anilines is 2. The van der Waals surface area contributed by atoms with Crippen LogP contribution in [0.1, 0.15) is 18.4 Å². The van der Waals surface area contributed by atoms with Crippen molar-refractivity contribution in [3.8, 4) is 17.0 Å². The molecule has 0 radical (unpaired) electrons.